The molecular weight excluding hydrogens is 414 g/mol. The van der Waals surface area contributed by atoms with Gasteiger partial charge in [-0.1, -0.05) is 37.3 Å². The molecule has 1 aromatic carbocycles. The Bertz CT molecular complexity index is 1440. The molecule has 1 aliphatic heterocycles. The Morgan fingerprint density at radius 1 is 1.00 bits per heavy atom. The highest BCUT2D eigenvalue weighted by atomic mass is 15.4. The van der Waals surface area contributed by atoms with E-state index in [1.807, 2.05) is 60.5 Å². The van der Waals surface area contributed by atoms with Crippen molar-refractivity contribution in [3.63, 3.8) is 0 Å². The summed E-state index contributed by atoms with van der Waals surface area (Å²) in [5.41, 5.74) is 3.79. The molecule has 5 heterocycles. The summed E-state index contributed by atoms with van der Waals surface area (Å²) in [4.78, 5) is 16.3. The number of anilines is 2. The number of benzene rings is 1. The second-order valence-electron chi connectivity index (χ2n) is 7.89. The van der Waals surface area contributed by atoms with Crippen molar-refractivity contribution in [2.24, 2.45) is 7.05 Å². The molecule has 0 fully saturated rings. The van der Waals surface area contributed by atoms with E-state index in [1.54, 1.807) is 17.2 Å². The molecule has 0 saturated carbocycles. The second kappa shape index (κ2) is 7.63. The Hall–Kier alpha value is -4.40. The number of aryl methyl sites for hydroxylation is 1. The minimum atomic E-state index is -0.0521. The van der Waals surface area contributed by atoms with Crippen LogP contribution < -0.4 is 4.90 Å². The molecule has 4 aromatic heterocycles. The average molecular weight is 435 g/mol. The highest BCUT2D eigenvalue weighted by Gasteiger charge is 2.36. The van der Waals surface area contributed by atoms with Crippen LogP contribution in [-0.4, -0.2) is 39.5 Å². The minimum Gasteiger partial charge on any atom is -0.297 e. The van der Waals surface area contributed by atoms with Crippen LogP contribution in [0.5, 0.6) is 0 Å². The molecule has 0 spiro atoms. The molecule has 9 heteroatoms. The van der Waals surface area contributed by atoms with E-state index in [9.17, 15) is 0 Å². The zero-order chi connectivity index (χ0) is 22.4. The molecule has 0 amide bonds. The molecule has 0 radical (unpaired) electrons. The van der Waals surface area contributed by atoms with Crippen molar-refractivity contribution >= 4 is 11.6 Å². The lowest BCUT2D eigenvalue weighted by Gasteiger charge is -2.35. The van der Waals surface area contributed by atoms with E-state index in [0.717, 1.165) is 46.3 Å². The van der Waals surface area contributed by atoms with Gasteiger partial charge < -0.3 is 0 Å². The van der Waals surface area contributed by atoms with Crippen molar-refractivity contribution in [3.8, 4) is 28.2 Å². The van der Waals surface area contributed by atoms with Crippen LogP contribution in [0.1, 0.15) is 25.2 Å². The van der Waals surface area contributed by atoms with Gasteiger partial charge in [-0.15, -0.1) is 10.2 Å². The topological polar surface area (TPSA) is 90.4 Å². The predicted octanol–water partition coefficient (Wildman–Crippen LogP) is 4.12. The van der Waals surface area contributed by atoms with Crippen LogP contribution in [0.3, 0.4) is 0 Å². The van der Waals surface area contributed by atoms with Gasteiger partial charge in [0, 0.05) is 42.8 Å². The molecule has 6 rings (SSSR count). The van der Waals surface area contributed by atoms with Gasteiger partial charge in [0.05, 0.1) is 12.2 Å². The lowest BCUT2D eigenvalue weighted by Crippen LogP contribution is -2.32. The Balaban J connectivity index is 1.57. The van der Waals surface area contributed by atoms with Crippen LogP contribution in [0.4, 0.5) is 11.6 Å². The SMILES string of the molecule is CC[C@@H]1c2nncn2-c2cnc(-c3ccncc3-c3ccccc3)nc2N1c1ccn(C)n1. The first-order valence-corrected chi connectivity index (χ1v) is 10.8. The minimum absolute atomic E-state index is 0.0521. The van der Waals surface area contributed by atoms with E-state index in [2.05, 4.69) is 44.2 Å². The van der Waals surface area contributed by atoms with Crippen molar-refractivity contribution in [2.75, 3.05) is 4.90 Å². The van der Waals surface area contributed by atoms with Crippen molar-refractivity contribution in [2.45, 2.75) is 19.4 Å². The zero-order valence-corrected chi connectivity index (χ0v) is 18.2. The quantitative estimate of drug-likeness (QED) is 0.419. The predicted molar refractivity (Wildman–Crippen MR) is 124 cm³/mol. The Morgan fingerprint density at radius 3 is 2.67 bits per heavy atom. The lowest BCUT2D eigenvalue weighted by atomic mass is 10.0. The summed E-state index contributed by atoms with van der Waals surface area (Å²) < 4.78 is 3.76. The molecule has 9 nitrogen and oxygen atoms in total. The number of nitrogens with zero attached hydrogens (tertiary/aromatic N) is 9. The molecule has 0 unspecified atom stereocenters. The number of aromatic nitrogens is 8. The van der Waals surface area contributed by atoms with Gasteiger partial charge in [-0.25, -0.2) is 9.97 Å². The number of pyridine rings is 1. The third kappa shape index (κ3) is 3.08. The maximum atomic E-state index is 5.07. The van der Waals surface area contributed by atoms with Gasteiger partial charge in [0.25, 0.3) is 0 Å². The van der Waals surface area contributed by atoms with Crippen LogP contribution in [0.15, 0.2) is 73.6 Å². The maximum absolute atomic E-state index is 5.07. The van der Waals surface area contributed by atoms with E-state index < -0.39 is 0 Å². The van der Waals surface area contributed by atoms with Crippen LogP contribution >= 0.6 is 0 Å². The summed E-state index contributed by atoms with van der Waals surface area (Å²) in [6.07, 6.45) is 9.93. The fraction of sp³-hybridized carbons (Fsp3) is 0.167. The van der Waals surface area contributed by atoms with Crippen molar-refractivity contribution < 1.29 is 0 Å². The van der Waals surface area contributed by atoms with Crippen LogP contribution in [0.2, 0.25) is 0 Å². The number of hydrogen-bond donors (Lipinski definition) is 0. The average Bonchev–Trinajstić information content (AvgIpc) is 3.52. The standard InChI is InChI=1S/C24H21N9/c1-3-19-24-29-27-15-32(24)20-14-26-22(28-23(20)33(19)21-10-12-31(2)30-21)17-9-11-25-13-18(17)16-7-5-4-6-8-16/h4-15,19H,3H2,1-2H3/t19-/m1/s1. The zero-order valence-electron chi connectivity index (χ0n) is 18.2. The molecule has 0 saturated heterocycles. The number of rotatable bonds is 4. The Labute approximate surface area is 190 Å². The summed E-state index contributed by atoms with van der Waals surface area (Å²) >= 11 is 0. The van der Waals surface area contributed by atoms with Gasteiger partial charge in [-0.3, -0.25) is 19.1 Å². The first kappa shape index (κ1) is 19.3. The van der Waals surface area contributed by atoms with E-state index in [-0.39, 0.29) is 6.04 Å². The summed E-state index contributed by atoms with van der Waals surface area (Å²) in [5.74, 6) is 3.05. The van der Waals surface area contributed by atoms with Crippen LogP contribution in [0.25, 0.3) is 28.2 Å². The smallest absolute Gasteiger partial charge is 0.163 e. The fourth-order valence-electron chi connectivity index (χ4n) is 4.37. The van der Waals surface area contributed by atoms with E-state index in [4.69, 9.17) is 9.97 Å². The maximum Gasteiger partial charge on any atom is 0.163 e. The molecule has 0 bridgehead atoms. The summed E-state index contributed by atoms with van der Waals surface area (Å²) in [5, 5.41) is 13.2. The van der Waals surface area contributed by atoms with Gasteiger partial charge in [-0.05, 0) is 18.1 Å². The fourth-order valence-corrected chi connectivity index (χ4v) is 4.37. The third-order valence-electron chi connectivity index (χ3n) is 5.90. The van der Waals surface area contributed by atoms with Crippen LogP contribution in [-0.2, 0) is 7.05 Å². The Morgan fingerprint density at radius 2 is 1.88 bits per heavy atom. The molecule has 0 N–H and O–H groups in total. The summed E-state index contributed by atoms with van der Waals surface area (Å²) in [6.45, 7) is 2.13. The van der Waals surface area contributed by atoms with Gasteiger partial charge in [0.1, 0.15) is 12.0 Å². The summed E-state index contributed by atoms with van der Waals surface area (Å²) in [7, 11) is 1.91. The first-order chi connectivity index (χ1) is 16.2. The normalized spacial score (nSPS) is 14.7. The highest BCUT2D eigenvalue weighted by molar-refractivity contribution is 5.81. The van der Waals surface area contributed by atoms with Gasteiger partial charge >= 0.3 is 0 Å². The highest BCUT2D eigenvalue weighted by Crippen LogP contribution is 2.43. The molecule has 1 atom stereocenters. The molecule has 5 aromatic rings. The second-order valence-corrected chi connectivity index (χ2v) is 7.89. The lowest BCUT2D eigenvalue weighted by molar-refractivity contribution is 0.581. The third-order valence-corrected chi connectivity index (χ3v) is 5.90. The molecule has 0 aliphatic carbocycles. The number of hydrogen-bond acceptors (Lipinski definition) is 7. The van der Waals surface area contributed by atoms with Crippen molar-refractivity contribution in [1.29, 1.82) is 0 Å². The molecule has 1 aliphatic rings. The summed E-state index contributed by atoms with van der Waals surface area (Å²) in [6, 6.07) is 14.1. The van der Waals surface area contributed by atoms with E-state index in [0.29, 0.717) is 5.82 Å². The van der Waals surface area contributed by atoms with E-state index in [1.165, 1.54) is 0 Å². The largest absolute Gasteiger partial charge is 0.297 e. The molecular formula is C24H21N9. The van der Waals surface area contributed by atoms with Gasteiger partial charge in [0.2, 0.25) is 0 Å². The monoisotopic (exact) mass is 435 g/mol. The van der Waals surface area contributed by atoms with Crippen molar-refractivity contribution in [1.82, 2.24) is 39.5 Å². The molecule has 162 valence electrons. The Kier molecular flexibility index (Phi) is 4.46. The van der Waals surface area contributed by atoms with Gasteiger partial charge in [0.15, 0.2) is 23.3 Å². The van der Waals surface area contributed by atoms with Gasteiger partial charge in [-0.2, -0.15) is 5.10 Å². The van der Waals surface area contributed by atoms with Crippen LogP contribution in [0, 0.1) is 0 Å². The number of fused-ring (bicyclic) bond motifs is 3. The molecule has 33 heavy (non-hydrogen) atoms. The van der Waals surface area contributed by atoms with Crippen molar-refractivity contribution in [3.05, 3.63) is 79.4 Å². The van der Waals surface area contributed by atoms with E-state index >= 15 is 0 Å². The first-order valence-electron chi connectivity index (χ1n) is 10.8.